The van der Waals surface area contributed by atoms with E-state index in [0.29, 0.717) is 6.54 Å². The predicted molar refractivity (Wildman–Crippen MR) is 66.8 cm³/mol. The molecule has 0 aromatic carbocycles. The van der Waals surface area contributed by atoms with E-state index in [1.54, 1.807) is 12.7 Å². The molecule has 0 spiro atoms. The lowest BCUT2D eigenvalue weighted by atomic mass is 10.4. The van der Waals surface area contributed by atoms with Gasteiger partial charge < -0.3 is 5.32 Å². The second kappa shape index (κ2) is 6.25. The lowest BCUT2D eigenvalue weighted by Crippen LogP contribution is -2.19. The first-order chi connectivity index (χ1) is 8.85. The molecular formula is C11H19N7. The van der Waals surface area contributed by atoms with Crippen molar-refractivity contribution in [3.63, 3.8) is 0 Å². The smallest absolute Gasteiger partial charge is 0.148 e. The number of aromatic nitrogens is 6. The van der Waals surface area contributed by atoms with Gasteiger partial charge in [-0.2, -0.15) is 10.2 Å². The van der Waals surface area contributed by atoms with Crippen molar-refractivity contribution in [2.24, 2.45) is 0 Å². The maximum absolute atomic E-state index is 4.27. The molecule has 0 aliphatic rings. The molecule has 0 unspecified atom stereocenters. The molecule has 0 amide bonds. The van der Waals surface area contributed by atoms with Crippen LogP contribution in [-0.2, 0) is 19.6 Å². The van der Waals surface area contributed by atoms with E-state index in [2.05, 4.69) is 39.3 Å². The van der Waals surface area contributed by atoms with Crippen molar-refractivity contribution in [1.82, 2.24) is 34.8 Å². The van der Waals surface area contributed by atoms with Crippen molar-refractivity contribution in [1.29, 1.82) is 0 Å². The Kier molecular flexibility index (Phi) is 4.40. The van der Waals surface area contributed by atoms with Gasteiger partial charge in [-0.05, 0) is 13.0 Å². The standard InChI is InChI=1S/C11H19N7/c1-3-5-17-11(14-9-15-17)7-18-10(6-12-4-2)13-8-16-18/h8-9,12H,3-7H2,1-2H3. The molecular weight excluding hydrogens is 230 g/mol. The van der Waals surface area contributed by atoms with Crippen LogP contribution in [0.2, 0.25) is 0 Å². The van der Waals surface area contributed by atoms with E-state index in [4.69, 9.17) is 0 Å². The molecule has 18 heavy (non-hydrogen) atoms. The van der Waals surface area contributed by atoms with Crippen LogP contribution in [0.25, 0.3) is 0 Å². The summed E-state index contributed by atoms with van der Waals surface area (Å²) < 4.78 is 3.78. The molecule has 0 radical (unpaired) electrons. The average molecular weight is 249 g/mol. The first-order valence-corrected chi connectivity index (χ1v) is 6.29. The minimum Gasteiger partial charge on any atom is -0.310 e. The van der Waals surface area contributed by atoms with Crippen LogP contribution >= 0.6 is 0 Å². The SMILES string of the molecule is CCCn1ncnc1Cn1ncnc1CNCC. The molecule has 0 saturated heterocycles. The molecule has 0 atom stereocenters. The van der Waals surface area contributed by atoms with Gasteiger partial charge in [0.2, 0.25) is 0 Å². The van der Waals surface area contributed by atoms with E-state index < -0.39 is 0 Å². The van der Waals surface area contributed by atoms with E-state index in [-0.39, 0.29) is 0 Å². The summed E-state index contributed by atoms with van der Waals surface area (Å²) in [5.41, 5.74) is 0. The molecule has 2 heterocycles. The molecule has 0 saturated carbocycles. The van der Waals surface area contributed by atoms with Gasteiger partial charge in [-0.1, -0.05) is 13.8 Å². The zero-order valence-corrected chi connectivity index (χ0v) is 10.9. The molecule has 2 aromatic heterocycles. The van der Waals surface area contributed by atoms with Crippen molar-refractivity contribution in [3.05, 3.63) is 24.3 Å². The van der Waals surface area contributed by atoms with Gasteiger partial charge in [-0.15, -0.1) is 0 Å². The van der Waals surface area contributed by atoms with Gasteiger partial charge in [-0.25, -0.2) is 19.3 Å². The van der Waals surface area contributed by atoms with Crippen LogP contribution in [0, 0.1) is 0 Å². The topological polar surface area (TPSA) is 73.5 Å². The molecule has 0 fully saturated rings. The maximum atomic E-state index is 4.27. The quantitative estimate of drug-likeness (QED) is 0.770. The first kappa shape index (κ1) is 12.7. The minimum absolute atomic E-state index is 0.612. The lowest BCUT2D eigenvalue weighted by molar-refractivity contribution is 0.522. The summed E-state index contributed by atoms with van der Waals surface area (Å²) in [7, 11) is 0. The Balaban J connectivity index is 2.08. The van der Waals surface area contributed by atoms with E-state index in [1.165, 1.54) is 0 Å². The Morgan fingerprint density at radius 2 is 1.78 bits per heavy atom. The van der Waals surface area contributed by atoms with Gasteiger partial charge in [0.25, 0.3) is 0 Å². The van der Waals surface area contributed by atoms with Gasteiger partial charge >= 0.3 is 0 Å². The molecule has 0 bridgehead atoms. The Bertz CT molecular complexity index is 473. The van der Waals surface area contributed by atoms with Crippen LogP contribution in [0.1, 0.15) is 31.9 Å². The first-order valence-electron chi connectivity index (χ1n) is 6.29. The third-order valence-corrected chi connectivity index (χ3v) is 2.65. The van der Waals surface area contributed by atoms with Crippen LogP contribution in [0.5, 0.6) is 0 Å². The van der Waals surface area contributed by atoms with E-state index in [9.17, 15) is 0 Å². The normalized spacial score (nSPS) is 11.0. The Morgan fingerprint density at radius 1 is 1.06 bits per heavy atom. The van der Waals surface area contributed by atoms with Crippen LogP contribution in [-0.4, -0.2) is 36.1 Å². The molecule has 98 valence electrons. The van der Waals surface area contributed by atoms with Gasteiger partial charge in [0.15, 0.2) is 0 Å². The Hall–Kier alpha value is -1.76. The van der Waals surface area contributed by atoms with Gasteiger partial charge in [0, 0.05) is 6.54 Å². The number of hydrogen-bond acceptors (Lipinski definition) is 5. The monoisotopic (exact) mass is 249 g/mol. The lowest BCUT2D eigenvalue weighted by Gasteiger charge is -2.07. The fourth-order valence-corrected chi connectivity index (χ4v) is 1.74. The van der Waals surface area contributed by atoms with E-state index >= 15 is 0 Å². The zero-order chi connectivity index (χ0) is 12.8. The summed E-state index contributed by atoms with van der Waals surface area (Å²) >= 11 is 0. The molecule has 7 nitrogen and oxygen atoms in total. The molecule has 2 aromatic rings. The number of aryl methyl sites for hydroxylation is 1. The van der Waals surface area contributed by atoms with Crippen molar-refractivity contribution in [3.8, 4) is 0 Å². The van der Waals surface area contributed by atoms with Crippen molar-refractivity contribution in [2.75, 3.05) is 6.54 Å². The Labute approximate surface area is 106 Å². The number of nitrogens with one attached hydrogen (secondary N) is 1. The molecule has 2 rings (SSSR count). The van der Waals surface area contributed by atoms with Crippen molar-refractivity contribution in [2.45, 2.75) is 39.9 Å². The van der Waals surface area contributed by atoms with Crippen molar-refractivity contribution >= 4 is 0 Å². The highest BCUT2D eigenvalue weighted by molar-refractivity contribution is 4.91. The molecule has 1 N–H and O–H groups in total. The minimum atomic E-state index is 0.612. The highest BCUT2D eigenvalue weighted by atomic mass is 15.4. The summed E-state index contributed by atoms with van der Waals surface area (Å²) in [6.07, 6.45) is 4.21. The van der Waals surface area contributed by atoms with E-state index in [1.807, 2.05) is 9.36 Å². The third-order valence-electron chi connectivity index (χ3n) is 2.65. The maximum Gasteiger partial charge on any atom is 0.148 e. The van der Waals surface area contributed by atoms with Gasteiger partial charge in [0.05, 0.1) is 6.54 Å². The molecule has 0 aliphatic carbocycles. The third kappa shape index (κ3) is 2.92. The number of rotatable bonds is 7. The van der Waals surface area contributed by atoms with Gasteiger partial charge in [-0.3, -0.25) is 0 Å². The molecule has 7 heteroatoms. The highest BCUT2D eigenvalue weighted by Crippen LogP contribution is 2.01. The van der Waals surface area contributed by atoms with Crippen LogP contribution < -0.4 is 5.32 Å². The second-order valence-electron chi connectivity index (χ2n) is 4.01. The number of hydrogen-bond donors (Lipinski definition) is 1. The fraction of sp³-hybridized carbons (Fsp3) is 0.636. The largest absolute Gasteiger partial charge is 0.310 e. The fourth-order valence-electron chi connectivity index (χ4n) is 1.74. The second-order valence-corrected chi connectivity index (χ2v) is 4.01. The van der Waals surface area contributed by atoms with Crippen molar-refractivity contribution < 1.29 is 0 Å². The summed E-state index contributed by atoms with van der Waals surface area (Å²) in [5, 5.41) is 11.7. The summed E-state index contributed by atoms with van der Waals surface area (Å²) in [5.74, 6) is 1.84. The average Bonchev–Trinajstić information content (AvgIpc) is 2.98. The van der Waals surface area contributed by atoms with Crippen LogP contribution in [0.3, 0.4) is 0 Å². The molecule has 0 aliphatic heterocycles. The summed E-state index contributed by atoms with van der Waals surface area (Å²) in [4.78, 5) is 8.52. The zero-order valence-electron chi connectivity index (χ0n) is 10.9. The summed E-state index contributed by atoms with van der Waals surface area (Å²) in [6, 6.07) is 0. The highest BCUT2D eigenvalue weighted by Gasteiger charge is 2.09. The van der Waals surface area contributed by atoms with Gasteiger partial charge in [0.1, 0.15) is 30.8 Å². The Morgan fingerprint density at radius 3 is 2.50 bits per heavy atom. The summed E-state index contributed by atoms with van der Waals surface area (Å²) in [6.45, 7) is 7.32. The van der Waals surface area contributed by atoms with Crippen LogP contribution in [0.15, 0.2) is 12.7 Å². The predicted octanol–water partition coefficient (Wildman–Crippen LogP) is 0.437. The van der Waals surface area contributed by atoms with Crippen LogP contribution in [0.4, 0.5) is 0 Å². The van der Waals surface area contributed by atoms with E-state index in [0.717, 1.165) is 37.7 Å². The number of nitrogens with zero attached hydrogens (tertiary/aromatic N) is 6.